The van der Waals surface area contributed by atoms with E-state index in [0.29, 0.717) is 41.3 Å². The number of imidazole rings is 2. The smallest absolute Gasteiger partial charge is 0.419 e. The highest BCUT2D eigenvalue weighted by Gasteiger charge is 2.63. The number of alkyl halides is 4. The van der Waals surface area contributed by atoms with Gasteiger partial charge in [0.15, 0.2) is 11.6 Å². The summed E-state index contributed by atoms with van der Waals surface area (Å²) in [6.07, 6.45) is 1.76. The molecule has 64 heavy (non-hydrogen) atoms. The van der Waals surface area contributed by atoms with Crippen LogP contribution < -0.4 is 5.32 Å². The van der Waals surface area contributed by atoms with Crippen LogP contribution in [0.2, 0.25) is 0 Å². The molecule has 2 atom stereocenters. The molecule has 3 N–H and O–H groups in total. The van der Waals surface area contributed by atoms with E-state index >= 15 is 17.6 Å². The zero-order valence-electron chi connectivity index (χ0n) is 35.7. The molecule has 2 aliphatic heterocycles. The molecule has 1 spiro atoms. The molecule has 0 radical (unpaired) electrons. The molecule has 334 valence electrons. The minimum Gasteiger partial charge on any atom is -0.453 e. The van der Waals surface area contributed by atoms with Gasteiger partial charge in [0.25, 0.3) is 0 Å². The van der Waals surface area contributed by atoms with Crippen LogP contribution in [0.25, 0.3) is 56.1 Å². The minimum atomic E-state index is -4.62. The third-order valence-electron chi connectivity index (χ3n) is 11.8. The highest BCUT2D eigenvalue weighted by Crippen LogP contribution is 2.59. The molecule has 6 aromatic rings. The number of likely N-dealkylation sites (tertiary alicyclic amines) is 1. The Morgan fingerprint density at radius 3 is 2.19 bits per heavy atom. The van der Waals surface area contributed by atoms with Crippen molar-refractivity contribution in [3.05, 3.63) is 96.1 Å². The molecule has 3 aliphatic rings. The summed E-state index contributed by atoms with van der Waals surface area (Å²) in [6, 6.07) is 14.8. The number of nitrogens with zero attached hydrogens (tertiary/aromatic N) is 4. The van der Waals surface area contributed by atoms with E-state index < -0.39 is 64.5 Å². The fraction of sp³-hybridized carbons (Fsp3) is 0.370. The van der Waals surface area contributed by atoms with Gasteiger partial charge in [-0.05, 0) is 85.3 Å². The Bertz CT molecular complexity index is 2820. The van der Waals surface area contributed by atoms with Gasteiger partial charge in [-0.1, -0.05) is 44.2 Å². The fourth-order valence-electron chi connectivity index (χ4n) is 8.67. The van der Waals surface area contributed by atoms with Gasteiger partial charge in [-0.3, -0.25) is 4.79 Å². The SMILES string of the molecule is COC(=O)N[C@H](C(=O)N1CC2(C[C@H]1c1ncc(-c3ccc4c(c3)C(F)(F)C(F)(F)c3cc(-c5ccc6nc(-c7cccn7C(=O)OC(C)(C)C)[nH]c6c5)ccc3-4)[nH]1)OCCO2)C(C)C. The van der Waals surface area contributed by atoms with E-state index in [4.69, 9.17) is 18.9 Å². The van der Waals surface area contributed by atoms with Crippen LogP contribution in [-0.4, -0.2) is 91.8 Å². The second kappa shape index (κ2) is 15.3. The van der Waals surface area contributed by atoms with Gasteiger partial charge in [0.2, 0.25) is 5.91 Å². The topological polar surface area (TPSA) is 166 Å². The third kappa shape index (κ3) is 7.27. The zero-order chi connectivity index (χ0) is 45.5. The molecule has 18 heteroatoms. The van der Waals surface area contributed by atoms with Crippen LogP contribution in [0.4, 0.5) is 27.2 Å². The second-order valence-electron chi connectivity index (χ2n) is 17.6. The molecule has 9 rings (SSSR count). The summed E-state index contributed by atoms with van der Waals surface area (Å²) >= 11 is 0. The number of H-pyrrole nitrogens is 2. The Kier molecular flexibility index (Phi) is 10.2. The first kappa shape index (κ1) is 42.8. The molecule has 0 bridgehead atoms. The van der Waals surface area contributed by atoms with E-state index in [1.54, 1.807) is 83.3 Å². The van der Waals surface area contributed by atoms with Crippen molar-refractivity contribution < 1.29 is 50.9 Å². The molecule has 14 nitrogen and oxygen atoms in total. The largest absolute Gasteiger partial charge is 0.453 e. The lowest BCUT2D eigenvalue weighted by molar-refractivity contribution is -0.225. The van der Waals surface area contributed by atoms with Crippen molar-refractivity contribution >= 4 is 29.1 Å². The number of aromatic nitrogens is 5. The first-order valence-corrected chi connectivity index (χ1v) is 20.7. The molecule has 3 aromatic heterocycles. The Morgan fingerprint density at radius 2 is 1.53 bits per heavy atom. The number of fused-ring (bicyclic) bond motifs is 4. The molecular formula is C46H45F4N7O7. The van der Waals surface area contributed by atoms with Crippen LogP contribution in [0.15, 0.2) is 79.1 Å². The van der Waals surface area contributed by atoms with Gasteiger partial charge in [-0.2, -0.15) is 17.6 Å². The van der Waals surface area contributed by atoms with Crippen LogP contribution in [0.5, 0.6) is 0 Å². The maximum Gasteiger partial charge on any atom is 0.419 e. The Labute approximate surface area is 364 Å². The molecule has 0 saturated carbocycles. The zero-order valence-corrected chi connectivity index (χ0v) is 35.7. The molecule has 1 aliphatic carbocycles. The van der Waals surface area contributed by atoms with Gasteiger partial charge in [0.1, 0.15) is 17.5 Å². The predicted molar refractivity (Wildman–Crippen MR) is 225 cm³/mol. The van der Waals surface area contributed by atoms with Crippen molar-refractivity contribution in [1.29, 1.82) is 0 Å². The lowest BCUT2D eigenvalue weighted by Crippen LogP contribution is -2.52. The average molecular weight is 884 g/mol. The highest BCUT2D eigenvalue weighted by atomic mass is 19.3. The standard InChI is InChI=1S/C46H45F4N7O7/c1-24(2)37(55-41(59)61-6)40(58)57-23-44(62-16-17-63-44)21-36(57)38-51-22-34(54-38)27-10-13-29-28-12-9-25(18-30(28)45(47,48)46(49,50)31(29)19-27)26-11-14-32-33(20-26)53-39(52-32)35-8-7-15-56(35)42(60)64-43(3,4)5/h7-15,18-20,22,24,36-37H,16-17,21,23H2,1-6H3,(H,51,54)(H,52,53)(H,55,59)/t36-,37-/m0/s1. The number of hydrogen-bond acceptors (Lipinski definition) is 9. The maximum absolute atomic E-state index is 16.3. The van der Waals surface area contributed by atoms with E-state index in [-0.39, 0.29) is 52.7 Å². The Morgan fingerprint density at radius 1 is 0.891 bits per heavy atom. The van der Waals surface area contributed by atoms with Crippen molar-refractivity contribution in [3.8, 4) is 45.0 Å². The minimum absolute atomic E-state index is 0.0329. The number of hydrogen-bond donors (Lipinski definition) is 3. The number of ether oxygens (including phenoxy) is 4. The van der Waals surface area contributed by atoms with Crippen molar-refractivity contribution in [2.45, 2.75) is 76.4 Å². The van der Waals surface area contributed by atoms with E-state index in [1.165, 1.54) is 34.9 Å². The van der Waals surface area contributed by atoms with Crippen LogP contribution >= 0.6 is 0 Å². The highest BCUT2D eigenvalue weighted by molar-refractivity contribution is 5.88. The number of nitrogens with one attached hydrogen (secondary N) is 3. The fourth-order valence-corrected chi connectivity index (χ4v) is 8.67. The van der Waals surface area contributed by atoms with Crippen molar-refractivity contribution in [3.63, 3.8) is 0 Å². The molecule has 2 fully saturated rings. The summed E-state index contributed by atoms with van der Waals surface area (Å²) < 4.78 is 88.6. The van der Waals surface area contributed by atoms with Crippen molar-refractivity contribution in [1.82, 2.24) is 34.7 Å². The lowest BCUT2D eigenvalue weighted by Gasteiger charge is -2.35. The molecular weight excluding hydrogens is 839 g/mol. The van der Waals surface area contributed by atoms with E-state index in [0.717, 1.165) is 12.1 Å². The summed E-state index contributed by atoms with van der Waals surface area (Å²) in [6.45, 7) is 9.47. The van der Waals surface area contributed by atoms with Gasteiger partial charge in [0.05, 0.1) is 61.5 Å². The van der Waals surface area contributed by atoms with Crippen LogP contribution in [0.3, 0.4) is 0 Å². The van der Waals surface area contributed by atoms with Crippen LogP contribution in [0.1, 0.15) is 64.0 Å². The lowest BCUT2D eigenvalue weighted by atomic mass is 9.78. The Hall–Kier alpha value is -6.53. The molecule has 2 saturated heterocycles. The maximum atomic E-state index is 16.3. The molecule has 2 amide bonds. The number of carbonyl (C=O) groups excluding carboxylic acids is 3. The normalized spacial score (nSPS) is 18.9. The van der Waals surface area contributed by atoms with E-state index in [2.05, 4.69) is 25.3 Å². The number of methoxy groups -OCH3 is 1. The van der Waals surface area contributed by atoms with Crippen LogP contribution in [0, 0.1) is 5.92 Å². The van der Waals surface area contributed by atoms with Gasteiger partial charge in [-0.15, -0.1) is 0 Å². The van der Waals surface area contributed by atoms with E-state index in [1.807, 2.05) is 0 Å². The first-order valence-electron chi connectivity index (χ1n) is 20.7. The van der Waals surface area contributed by atoms with Gasteiger partial charge < -0.3 is 39.1 Å². The number of amides is 2. The molecule has 5 heterocycles. The third-order valence-corrected chi connectivity index (χ3v) is 11.8. The number of halogens is 4. The number of alkyl carbamates (subject to hydrolysis) is 1. The first-order chi connectivity index (χ1) is 30.3. The Balaban J connectivity index is 1.01. The predicted octanol–water partition coefficient (Wildman–Crippen LogP) is 9.13. The number of carbonyl (C=O) groups is 3. The van der Waals surface area contributed by atoms with E-state index in [9.17, 15) is 14.4 Å². The quantitative estimate of drug-likeness (QED) is 0.133. The van der Waals surface area contributed by atoms with Gasteiger partial charge in [-0.25, -0.2) is 24.1 Å². The van der Waals surface area contributed by atoms with Gasteiger partial charge in [0, 0.05) is 29.3 Å². The second-order valence-corrected chi connectivity index (χ2v) is 17.6. The monoisotopic (exact) mass is 883 g/mol. The summed E-state index contributed by atoms with van der Waals surface area (Å²) in [7, 11) is 1.19. The van der Waals surface area contributed by atoms with Crippen molar-refractivity contribution in [2.24, 2.45) is 5.92 Å². The average Bonchev–Trinajstić information content (AvgIpc) is 4.11. The summed E-state index contributed by atoms with van der Waals surface area (Å²) in [4.78, 5) is 56.0. The van der Waals surface area contributed by atoms with Gasteiger partial charge >= 0.3 is 24.0 Å². The summed E-state index contributed by atoms with van der Waals surface area (Å²) in [5, 5.41) is 2.59. The summed E-state index contributed by atoms with van der Waals surface area (Å²) in [5.74, 6) is -10.5. The van der Waals surface area contributed by atoms with Crippen molar-refractivity contribution in [2.75, 3.05) is 26.9 Å². The number of rotatable bonds is 7. The number of benzene rings is 3. The summed E-state index contributed by atoms with van der Waals surface area (Å²) in [5.41, 5.74) is 0.188. The van der Waals surface area contributed by atoms with Crippen LogP contribution in [-0.2, 0) is 35.6 Å². The molecule has 0 unspecified atom stereocenters. The number of aromatic amines is 2. The molecule has 3 aromatic carbocycles.